The molecule has 1 fully saturated rings. The lowest BCUT2D eigenvalue weighted by Gasteiger charge is -2.37. The molecular formula is C28H34Cl2FN3O4. The molecule has 2 aromatic carbocycles. The van der Waals surface area contributed by atoms with Crippen LogP contribution in [-0.2, 0) is 24.5 Å². The molecule has 4 rings (SSSR count). The lowest BCUT2D eigenvalue weighted by Crippen LogP contribution is -2.49. The van der Waals surface area contributed by atoms with Gasteiger partial charge in [-0.1, -0.05) is 62.2 Å². The number of hydrogen-bond donors (Lipinski definition) is 3. The molecule has 1 saturated heterocycles. The Balaban J connectivity index is 1.82. The van der Waals surface area contributed by atoms with Crippen molar-refractivity contribution < 1.29 is 23.5 Å². The third-order valence-electron chi connectivity index (χ3n) is 7.20. The molecule has 2 aliphatic heterocycles. The normalized spacial score (nSPS) is 24.5. The molecule has 206 valence electrons. The Kier molecular flexibility index (Phi) is 8.69. The van der Waals surface area contributed by atoms with Gasteiger partial charge in [0.2, 0.25) is 11.8 Å². The van der Waals surface area contributed by atoms with Crippen LogP contribution in [0.4, 0.5) is 10.1 Å². The minimum Gasteiger partial charge on any atom is -0.382 e. The van der Waals surface area contributed by atoms with Crippen LogP contribution in [0.2, 0.25) is 10.0 Å². The summed E-state index contributed by atoms with van der Waals surface area (Å²) in [6.07, 6.45) is 0.547. The first-order valence-electron chi connectivity index (χ1n) is 12.7. The van der Waals surface area contributed by atoms with Crippen molar-refractivity contribution in [3.8, 4) is 0 Å². The Labute approximate surface area is 232 Å². The molecule has 0 unspecified atom stereocenters. The van der Waals surface area contributed by atoms with Crippen LogP contribution in [0, 0.1) is 11.2 Å². The standard InChI is InChI=1S/C28H34Cl2FN3O4/c1-27(2,3)15-21-28(18-9-8-16(29)14-20(18)33-26(28)36)22(17-6-5-7-19(30)23(17)31)24(34-21)25(35)32-10-11-38-13-12-37-4/h5-9,14,21-22,24,34H,10-13,15H2,1-4H3,(H,32,35)(H,33,36)/t21-,22+,24-,28-/m1/s1. The van der Waals surface area contributed by atoms with Crippen molar-refractivity contribution in [2.75, 3.05) is 38.8 Å². The molecule has 4 atom stereocenters. The van der Waals surface area contributed by atoms with Crippen molar-refractivity contribution in [3.63, 3.8) is 0 Å². The lowest BCUT2D eigenvalue weighted by molar-refractivity contribution is -0.124. The predicted molar refractivity (Wildman–Crippen MR) is 146 cm³/mol. The second-order valence-corrected chi connectivity index (χ2v) is 11.8. The Morgan fingerprint density at radius 3 is 2.63 bits per heavy atom. The number of halogens is 3. The van der Waals surface area contributed by atoms with Crippen molar-refractivity contribution >= 4 is 40.7 Å². The van der Waals surface area contributed by atoms with Crippen LogP contribution in [0.1, 0.15) is 44.2 Å². The smallest absolute Gasteiger partial charge is 0.237 e. The largest absolute Gasteiger partial charge is 0.382 e. The van der Waals surface area contributed by atoms with Crippen LogP contribution in [0.3, 0.4) is 0 Å². The molecule has 3 N–H and O–H groups in total. The van der Waals surface area contributed by atoms with Crippen LogP contribution in [-0.4, -0.2) is 57.4 Å². The highest BCUT2D eigenvalue weighted by atomic mass is 35.5. The summed E-state index contributed by atoms with van der Waals surface area (Å²) in [6.45, 7) is 7.59. The molecular weight excluding hydrogens is 532 g/mol. The Hall–Kier alpha value is -2.23. The van der Waals surface area contributed by atoms with Crippen LogP contribution >= 0.6 is 23.2 Å². The molecule has 10 heteroatoms. The van der Waals surface area contributed by atoms with Gasteiger partial charge in [0.1, 0.15) is 11.2 Å². The second kappa shape index (κ2) is 11.5. The van der Waals surface area contributed by atoms with Crippen molar-refractivity contribution in [2.24, 2.45) is 5.41 Å². The molecule has 0 aromatic heterocycles. The fraction of sp³-hybridized carbons (Fsp3) is 0.500. The van der Waals surface area contributed by atoms with Crippen molar-refractivity contribution in [1.29, 1.82) is 0 Å². The highest BCUT2D eigenvalue weighted by Crippen LogP contribution is 2.57. The number of nitrogens with one attached hydrogen (secondary N) is 3. The average Bonchev–Trinajstić information content (AvgIpc) is 3.31. The zero-order valence-electron chi connectivity index (χ0n) is 22.0. The summed E-state index contributed by atoms with van der Waals surface area (Å²) in [7, 11) is 1.58. The second-order valence-electron chi connectivity index (χ2n) is 11.0. The van der Waals surface area contributed by atoms with E-state index in [4.69, 9.17) is 32.7 Å². The highest BCUT2D eigenvalue weighted by molar-refractivity contribution is 6.31. The Morgan fingerprint density at radius 1 is 1.16 bits per heavy atom. The number of benzene rings is 2. The molecule has 0 saturated carbocycles. The lowest BCUT2D eigenvalue weighted by atomic mass is 9.62. The minimum absolute atomic E-state index is 0.0719. The molecule has 0 radical (unpaired) electrons. The number of ether oxygens (including phenoxy) is 2. The number of carbonyl (C=O) groups excluding carboxylic acids is 2. The third-order valence-corrected chi connectivity index (χ3v) is 7.73. The predicted octanol–water partition coefficient (Wildman–Crippen LogP) is 4.66. The summed E-state index contributed by atoms with van der Waals surface area (Å²) in [5.41, 5.74) is -0.0521. The topological polar surface area (TPSA) is 88.7 Å². The van der Waals surface area contributed by atoms with Crippen LogP contribution < -0.4 is 16.0 Å². The first-order valence-corrected chi connectivity index (χ1v) is 13.4. The summed E-state index contributed by atoms with van der Waals surface area (Å²) in [4.78, 5) is 27.7. The van der Waals surface area contributed by atoms with Gasteiger partial charge < -0.3 is 25.4 Å². The van der Waals surface area contributed by atoms with Gasteiger partial charge in [-0.25, -0.2) is 4.39 Å². The van der Waals surface area contributed by atoms with E-state index in [-0.39, 0.29) is 41.0 Å². The quantitative estimate of drug-likeness (QED) is 0.385. The first-order chi connectivity index (χ1) is 18.0. The molecule has 2 aliphatic rings. The Morgan fingerprint density at radius 2 is 1.92 bits per heavy atom. The van der Waals surface area contributed by atoms with Gasteiger partial charge in [-0.15, -0.1) is 0 Å². The van der Waals surface area contributed by atoms with Gasteiger partial charge in [0.15, 0.2) is 0 Å². The fourth-order valence-electron chi connectivity index (χ4n) is 5.75. The van der Waals surface area contributed by atoms with E-state index in [2.05, 4.69) is 36.7 Å². The number of rotatable bonds is 9. The molecule has 0 aliphatic carbocycles. The summed E-state index contributed by atoms with van der Waals surface area (Å²) in [5.74, 6) is -2.19. The van der Waals surface area contributed by atoms with E-state index < -0.39 is 29.2 Å². The molecule has 2 heterocycles. The van der Waals surface area contributed by atoms with Crippen LogP contribution in [0.5, 0.6) is 0 Å². The zero-order chi connectivity index (χ0) is 27.7. The van der Waals surface area contributed by atoms with Gasteiger partial charge in [0.05, 0.1) is 30.9 Å². The number of carbonyl (C=O) groups is 2. The van der Waals surface area contributed by atoms with Crippen LogP contribution in [0.25, 0.3) is 0 Å². The molecule has 7 nitrogen and oxygen atoms in total. The Bertz CT molecular complexity index is 1210. The highest BCUT2D eigenvalue weighted by Gasteiger charge is 2.66. The number of hydrogen-bond acceptors (Lipinski definition) is 5. The molecule has 0 bridgehead atoms. The number of fused-ring (bicyclic) bond motifs is 2. The number of methoxy groups -OCH3 is 1. The molecule has 1 spiro atoms. The van der Waals surface area contributed by atoms with Gasteiger partial charge in [-0.3, -0.25) is 9.59 Å². The van der Waals surface area contributed by atoms with Crippen LogP contribution in [0.15, 0.2) is 36.4 Å². The maximum Gasteiger partial charge on any atom is 0.237 e. The SMILES string of the molecule is COCCOCCNC(=O)[C@@H]1N[C@H](CC(C)(C)C)[C@@]2(C(=O)Nc3cc(Cl)ccc32)[C@H]1c1cccc(Cl)c1F. The van der Waals surface area contributed by atoms with Crippen molar-refractivity contribution in [1.82, 2.24) is 10.6 Å². The van der Waals surface area contributed by atoms with Gasteiger partial charge in [-0.2, -0.15) is 0 Å². The van der Waals surface area contributed by atoms with E-state index in [9.17, 15) is 9.59 Å². The fourth-order valence-corrected chi connectivity index (χ4v) is 6.11. The number of amides is 2. The van der Waals surface area contributed by atoms with E-state index in [0.717, 1.165) is 0 Å². The van der Waals surface area contributed by atoms with E-state index in [0.29, 0.717) is 35.9 Å². The average molecular weight is 567 g/mol. The number of anilines is 1. The van der Waals surface area contributed by atoms with E-state index in [1.165, 1.54) is 6.07 Å². The third kappa shape index (κ3) is 5.42. The molecule has 2 amide bonds. The van der Waals surface area contributed by atoms with Gasteiger partial charge in [-0.05, 0) is 41.2 Å². The molecule has 38 heavy (non-hydrogen) atoms. The molecule has 2 aromatic rings. The van der Waals surface area contributed by atoms with Gasteiger partial charge >= 0.3 is 0 Å². The first kappa shape index (κ1) is 28.8. The maximum atomic E-state index is 15.7. The van der Waals surface area contributed by atoms with Gasteiger partial charge in [0, 0.05) is 36.3 Å². The summed E-state index contributed by atoms with van der Waals surface area (Å²) in [6, 6.07) is 8.50. The van der Waals surface area contributed by atoms with Crippen molar-refractivity contribution in [3.05, 3.63) is 63.4 Å². The minimum atomic E-state index is -1.28. The van der Waals surface area contributed by atoms with E-state index in [1.54, 1.807) is 37.4 Å². The van der Waals surface area contributed by atoms with E-state index >= 15 is 4.39 Å². The summed E-state index contributed by atoms with van der Waals surface area (Å²) in [5, 5.41) is 9.71. The maximum absolute atomic E-state index is 15.7. The monoisotopic (exact) mass is 565 g/mol. The van der Waals surface area contributed by atoms with E-state index in [1.807, 2.05) is 0 Å². The zero-order valence-corrected chi connectivity index (χ0v) is 23.5. The summed E-state index contributed by atoms with van der Waals surface area (Å²) >= 11 is 12.5. The summed E-state index contributed by atoms with van der Waals surface area (Å²) < 4.78 is 26.2. The van der Waals surface area contributed by atoms with Gasteiger partial charge in [0.25, 0.3) is 0 Å². The van der Waals surface area contributed by atoms with Crippen molar-refractivity contribution in [2.45, 2.75) is 50.6 Å².